The molecule has 0 aromatic heterocycles. The molecule has 1 rings (SSSR count). The number of hydrogen-bond acceptors (Lipinski definition) is 0. The maximum atomic E-state index is 3.60. The molecule has 1 heteroatoms. The maximum Gasteiger partial charge on any atom is 0.00907 e. The molecule has 0 amide bonds. The van der Waals surface area contributed by atoms with Gasteiger partial charge in [0.1, 0.15) is 0 Å². The monoisotopic (exact) mass is 204 g/mol. The van der Waals surface area contributed by atoms with Crippen molar-refractivity contribution in [2.24, 2.45) is 17.3 Å². The first kappa shape index (κ1) is 8.58. The van der Waals surface area contributed by atoms with E-state index in [1.165, 1.54) is 18.2 Å². The molecule has 0 N–H and O–H groups in total. The lowest BCUT2D eigenvalue weighted by Gasteiger charge is -2.15. The van der Waals surface area contributed by atoms with Crippen LogP contribution in [0.4, 0.5) is 0 Å². The quantitative estimate of drug-likeness (QED) is 0.619. The van der Waals surface area contributed by atoms with E-state index in [0.29, 0.717) is 5.41 Å². The first-order chi connectivity index (χ1) is 4.60. The predicted octanol–water partition coefficient (Wildman–Crippen LogP) is 3.45. The van der Waals surface area contributed by atoms with Gasteiger partial charge in [0, 0.05) is 5.33 Å². The normalized spacial score (nSPS) is 38.7. The SMILES string of the molecule is CC(C)CC1(CBr)CC1C. The molecule has 2 atom stereocenters. The summed E-state index contributed by atoms with van der Waals surface area (Å²) in [5, 5.41) is 1.21. The van der Waals surface area contributed by atoms with Gasteiger partial charge in [0.2, 0.25) is 0 Å². The highest BCUT2D eigenvalue weighted by molar-refractivity contribution is 9.09. The van der Waals surface area contributed by atoms with Crippen LogP contribution in [0.15, 0.2) is 0 Å². The van der Waals surface area contributed by atoms with Crippen LogP contribution in [0.5, 0.6) is 0 Å². The van der Waals surface area contributed by atoms with Crippen molar-refractivity contribution in [3.63, 3.8) is 0 Å². The van der Waals surface area contributed by atoms with Gasteiger partial charge in [0.15, 0.2) is 0 Å². The van der Waals surface area contributed by atoms with E-state index < -0.39 is 0 Å². The average molecular weight is 205 g/mol. The van der Waals surface area contributed by atoms with Crippen LogP contribution in [0.3, 0.4) is 0 Å². The van der Waals surface area contributed by atoms with Crippen molar-refractivity contribution in [1.82, 2.24) is 0 Å². The lowest BCUT2D eigenvalue weighted by Crippen LogP contribution is -2.08. The van der Waals surface area contributed by atoms with Crippen molar-refractivity contribution < 1.29 is 0 Å². The summed E-state index contributed by atoms with van der Waals surface area (Å²) >= 11 is 3.60. The Labute approximate surface area is 72.5 Å². The van der Waals surface area contributed by atoms with E-state index in [2.05, 4.69) is 36.7 Å². The van der Waals surface area contributed by atoms with Gasteiger partial charge in [-0.1, -0.05) is 36.7 Å². The summed E-state index contributed by atoms with van der Waals surface area (Å²) in [7, 11) is 0. The van der Waals surface area contributed by atoms with E-state index in [1.807, 2.05) is 0 Å². The Morgan fingerprint density at radius 1 is 1.60 bits per heavy atom. The predicted molar refractivity (Wildman–Crippen MR) is 49.5 cm³/mol. The van der Waals surface area contributed by atoms with E-state index in [9.17, 15) is 0 Å². The molecule has 1 fully saturated rings. The molecule has 0 radical (unpaired) electrons. The Kier molecular flexibility index (Phi) is 2.44. The highest BCUT2D eigenvalue weighted by Crippen LogP contribution is 2.57. The van der Waals surface area contributed by atoms with Crippen molar-refractivity contribution in [2.45, 2.75) is 33.6 Å². The van der Waals surface area contributed by atoms with Crippen LogP contribution in [0, 0.1) is 17.3 Å². The molecule has 2 unspecified atom stereocenters. The zero-order valence-electron chi connectivity index (χ0n) is 7.15. The smallest absolute Gasteiger partial charge is 0.00907 e. The highest BCUT2D eigenvalue weighted by atomic mass is 79.9. The van der Waals surface area contributed by atoms with Gasteiger partial charge in [-0.3, -0.25) is 0 Å². The number of rotatable bonds is 3. The van der Waals surface area contributed by atoms with Gasteiger partial charge in [0.25, 0.3) is 0 Å². The van der Waals surface area contributed by atoms with Crippen molar-refractivity contribution in [2.75, 3.05) is 5.33 Å². The summed E-state index contributed by atoms with van der Waals surface area (Å²) < 4.78 is 0. The summed E-state index contributed by atoms with van der Waals surface area (Å²) in [5.74, 6) is 1.83. The minimum absolute atomic E-state index is 0.689. The summed E-state index contributed by atoms with van der Waals surface area (Å²) in [5.41, 5.74) is 0.689. The fraction of sp³-hybridized carbons (Fsp3) is 1.00. The van der Waals surface area contributed by atoms with Gasteiger partial charge < -0.3 is 0 Å². The molecule has 60 valence electrons. The third kappa shape index (κ3) is 1.55. The summed E-state index contributed by atoms with van der Waals surface area (Å²) in [4.78, 5) is 0. The third-order valence-corrected chi connectivity index (χ3v) is 3.80. The van der Waals surface area contributed by atoms with E-state index in [-0.39, 0.29) is 0 Å². The molecule has 1 aliphatic carbocycles. The topological polar surface area (TPSA) is 0 Å². The standard InChI is InChI=1S/C9H17Br/c1-7(2)4-9(6-10)5-8(9)3/h7-8H,4-6H2,1-3H3. The van der Waals surface area contributed by atoms with E-state index >= 15 is 0 Å². The Balaban J connectivity index is 2.37. The van der Waals surface area contributed by atoms with E-state index in [0.717, 1.165) is 11.8 Å². The molecule has 1 saturated carbocycles. The van der Waals surface area contributed by atoms with Gasteiger partial charge >= 0.3 is 0 Å². The largest absolute Gasteiger partial charge is 0.0922 e. The van der Waals surface area contributed by atoms with Crippen LogP contribution in [0.2, 0.25) is 0 Å². The molecule has 10 heavy (non-hydrogen) atoms. The maximum absolute atomic E-state index is 3.60. The van der Waals surface area contributed by atoms with Gasteiger partial charge in [0.05, 0.1) is 0 Å². The zero-order valence-corrected chi connectivity index (χ0v) is 8.74. The van der Waals surface area contributed by atoms with Crippen LogP contribution in [-0.4, -0.2) is 5.33 Å². The van der Waals surface area contributed by atoms with E-state index in [4.69, 9.17) is 0 Å². The molecule has 0 aromatic rings. The van der Waals surface area contributed by atoms with Gasteiger partial charge in [-0.25, -0.2) is 0 Å². The van der Waals surface area contributed by atoms with Gasteiger partial charge in [-0.05, 0) is 30.1 Å². The number of halogens is 1. The fourth-order valence-electron chi connectivity index (χ4n) is 1.89. The highest BCUT2D eigenvalue weighted by Gasteiger charge is 2.49. The third-order valence-electron chi connectivity index (χ3n) is 2.68. The zero-order chi connectivity index (χ0) is 7.78. The minimum atomic E-state index is 0.689. The Bertz CT molecular complexity index is 116. The van der Waals surface area contributed by atoms with Crippen molar-refractivity contribution in [3.05, 3.63) is 0 Å². The number of hydrogen-bond donors (Lipinski definition) is 0. The average Bonchev–Trinajstić information content (AvgIpc) is 2.42. The number of alkyl halides is 1. The second-order valence-corrected chi connectivity index (χ2v) is 4.76. The Morgan fingerprint density at radius 2 is 2.10 bits per heavy atom. The first-order valence-corrected chi connectivity index (χ1v) is 5.29. The molecule has 0 aliphatic heterocycles. The Hall–Kier alpha value is 0.480. The lowest BCUT2D eigenvalue weighted by molar-refractivity contribution is 0.404. The summed E-state index contributed by atoms with van der Waals surface area (Å²) in [6.07, 6.45) is 2.84. The molecule has 1 aliphatic rings. The van der Waals surface area contributed by atoms with Crippen molar-refractivity contribution in [3.8, 4) is 0 Å². The fourth-order valence-corrected chi connectivity index (χ4v) is 2.90. The molecule has 0 spiro atoms. The van der Waals surface area contributed by atoms with Crippen molar-refractivity contribution >= 4 is 15.9 Å². The molecule has 0 heterocycles. The van der Waals surface area contributed by atoms with Crippen LogP contribution < -0.4 is 0 Å². The molecule has 0 bridgehead atoms. The van der Waals surface area contributed by atoms with Crippen LogP contribution in [0.1, 0.15) is 33.6 Å². The second kappa shape index (κ2) is 2.84. The molecular weight excluding hydrogens is 188 g/mol. The van der Waals surface area contributed by atoms with E-state index in [1.54, 1.807) is 0 Å². The van der Waals surface area contributed by atoms with Crippen LogP contribution in [-0.2, 0) is 0 Å². The van der Waals surface area contributed by atoms with Crippen LogP contribution >= 0.6 is 15.9 Å². The Morgan fingerprint density at radius 3 is 2.20 bits per heavy atom. The molecule has 0 nitrogen and oxygen atoms in total. The van der Waals surface area contributed by atoms with Crippen LogP contribution in [0.25, 0.3) is 0 Å². The van der Waals surface area contributed by atoms with Crippen molar-refractivity contribution in [1.29, 1.82) is 0 Å². The second-order valence-electron chi connectivity index (χ2n) is 4.20. The summed E-state index contributed by atoms with van der Waals surface area (Å²) in [6.45, 7) is 6.99. The molecule has 0 aromatic carbocycles. The molecule has 0 saturated heterocycles. The molecular formula is C9H17Br. The van der Waals surface area contributed by atoms with Gasteiger partial charge in [-0.15, -0.1) is 0 Å². The minimum Gasteiger partial charge on any atom is -0.0922 e. The summed E-state index contributed by atoms with van der Waals surface area (Å²) in [6, 6.07) is 0. The van der Waals surface area contributed by atoms with Gasteiger partial charge in [-0.2, -0.15) is 0 Å². The first-order valence-electron chi connectivity index (χ1n) is 4.17. The lowest BCUT2D eigenvalue weighted by atomic mass is 9.94.